The Kier molecular flexibility index (Phi) is 3.80. The monoisotopic (exact) mass is 389 g/mol. The second-order valence-electron chi connectivity index (χ2n) is 6.45. The highest BCUT2D eigenvalue weighted by Crippen LogP contribution is 2.35. The maximum absolute atomic E-state index is 13.1. The van der Waals surface area contributed by atoms with Crippen LogP contribution in [0.25, 0.3) is 21.9 Å². The van der Waals surface area contributed by atoms with E-state index in [1.807, 2.05) is 31.2 Å². The zero-order chi connectivity index (χ0) is 19.3. The number of aromatic nitrogens is 4. The van der Waals surface area contributed by atoms with E-state index in [9.17, 15) is 9.59 Å². The van der Waals surface area contributed by atoms with Crippen molar-refractivity contribution >= 4 is 33.5 Å². The van der Waals surface area contributed by atoms with Crippen LogP contribution in [-0.2, 0) is 4.79 Å². The summed E-state index contributed by atoms with van der Waals surface area (Å²) in [5.41, 5.74) is 2.55. The van der Waals surface area contributed by atoms with Gasteiger partial charge in [-0.05, 0) is 24.6 Å². The number of para-hydroxylation sites is 1. The number of hydrogen-bond acceptors (Lipinski definition) is 6. The molecule has 0 bridgehead atoms. The highest BCUT2D eigenvalue weighted by Gasteiger charge is 2.33. The number of rotatable bonds is 3. The van der Waals surface area contributed by atoms with Crippen LogP contribution in [0.3, 0.4) is 0 Å². The van der Waals surface area contributed by atoms with Gasteiger partial charge in [0.1, 0.15) is 4.53 Å². The number of nitrogens with zero attached hydrogens (tertiary/aromatic N) is 5. The van der Waals surface area contributed by atoms with Gasteiger partial charge in [-0.3, -0.25) is 14.6 Å². The van der Waals surface area contributed by atoms with E-state index in [1.165, 1.54) is 15.9 Å². The van der Waals surface area contributed by atoms with E-state index in [0.717, 1.165) is 23.2 Å². The molecule has 1 aliphatic rings. The van der Waals surface area contributed by atoms with Crippen LogP contribution in [0.4, 0.5) is 5.69 Å². The maximum Gasteiger partial charge on any atom is 0.291 e. The molecule has 1 aromatic carbocycles. The molecule has 0 N–H and O–H groups in total. The Morgan fingerprint density at radius 1 is 1.07 bits per heavy atom. The van der Waals surface area contributed by atoms with E-state index >= 15 is 0 Å². The van der Waals surface area contributed by atoms with E-state index in [-0.39, 0.29) is 11.5 Å². The molecule has 0 fully saturated rings. The molecule has 5 rings (SSSR count). The standard InChI is InChI=1S/C20H15N5O2S/c1-2-11-24-14-6-4-3-5-13(14)15(18(24)26)16-19(27)25-20(28-16)22-17(23-25)12-7-9-21-10-8-12/h3-10H,2,11H2,1H3. The quantitative estimate of drug-likeness (QED) is 0.535. The van der Waals surface area contributed by atoms with Crippen molar-refractivity contribution in [3.05, 3.63) is 69.2 Å². The minimum atomic E-state index is -0.315. The summed E-state index contributed by atoms with van der Waals surface area (Å²) in [6.07, 6.45) is 4.14. The van der Waals surface area contributed by atoms with Crippen molar-refractivity contribution in [3.8, 4) is 11.4 Å². The second-order valence-corrected chi connectivity index (χ2v) is 7.43. The molecule has 0 saturated heterocycles. The second kappa shape index (κ2) is 6.35. The van der Waals surface area contributed by atoms with Crippen LogP contribution < -0.4 is 15.0 Å². The van der Waals surface area contributed by atoms with Gasteiger partial charge >= 0.3 is 0 Å². The van der Waals surface area contributed by atoms with E-state index < -0.39 is 0 Å². The molecule has 28 heavy (non-hydrogen) atoms. The zero-order valence-electron chi connectivity index (χ0n) is 15.0. The molecule has 0 aliphatic carbocycles. The van der Waals surface area contributed by atoms with Crippen LogP contribution >= 0.6 is 11.3 Å². The summed E-state index contributed by atoms with van der Waals surface area (Å²) in [6.45, 7) is 2.64. The molecule has 4 aromatic rings. The van der Waals surface area contributed by atoms with Crippen molar-refractivity contribution in [3.63, 3.8) is 0 Å². The molecule has 0 atom stereocenters. The lowest BCUT2D eigenvalue weighted by Gasteiger charge is -2.15. The molecule has 8 heteroatoms. The zero-order valence-corrected chi connectivity index (χ0v) is 15.8. The number of thiazole rings is 1. The summed E-state index contributed by atoms with van der Waals surface area (Å²) in [4.78, 5) is 36.8. The van der Waals surface area contributed by atoms with Gasteiger partial charge in [-0.1, -0.05) is 36.5 Å². The maximum atomic E-state index is 13.1. The van der Waals surface area contributed by atoms with E-state index in [0.29, 0.717) is 27.4 Å². The summed E-state index contributed by atoms with van der Waals surface area (Å²) in [5.74, 6) is 0.326. The Hall–Kier alpha value is -3.39. The fourth-order valence-corrected chi connectivity index (χ4v) is 4.45. The van der Waals surface area contributed by atoms with Gasteiger partial charge in [-0.25, -0.2) is 0 Å². The SMILES string of the molecule is CCCN1C(=O)C(=c2sc3nc(-c4ccncc4)nn3c2=O)c2ccccc21. The third-order valence-corrected chi connectivity index (χ3v) is 5.72. The third-order valence-electron chi connectivity index (χ3n) is 4.69. The predicted molar refractivity (Wildman–Crippen MR) is 107 cm³/mol. The van der Waals surface area contributed by atoms with Gasteiger partial charge in [0.25, 0.3) is 11.5 Å². The normalized spacial score (nSPS) is 15.5. The fraction of sp³-hybridized carbons (Fsp3) is 0.150. The Morgan fingerprint density at radius 2 is 1.86 bits per heavy atom. The van der Waals surface area contributed by atoms with Crippen molar-refractivity contribution in [1.82, 2.24) is 19.6 Å². The smallest absolute Gasteiger partial charge is 0.291 e. The number of carbonyl (C=O) groups excluding carboxylic acids is 1. The number of anilines is 1. The number of amides is 1. The Morgan fingerprint density at radius 3 is 2.61 bits per heavy atom. The lowest BCUT2D eigenvalue weighted by molar-refractivity contribution is -0.113. The Labute approximate surface area is 163 Å². The van der Waals surface area contributed by atoms with Crippen molar-refractivity contribution in [2.75, 3.05) is 11.4 Å². The number of carbonyl (C=O) groups is 1. The number of pyridine rings is 1. The molecule has 1 amide bonds. The molecule has 4 heterocycles. The average molecular weight is 389 g/mol. The highest BCUT2D eigenvalue weighted by atomic mass is 32.1. The molecular formula is C20H15N5O2S. The van der Waals surface area contributed by atoms with Crippen LogP contribution in [0.1, 0.15) is 18.9 Å². The van der Waals surface area contributed by atoms with Crippen molar-refractivity contribution in [2.24, 2.45) is 0 Å². The molecular weight excluding hydrogens is 374 g/mol. The van der Waals surface area contributed by atoms with Crippen LogP contribution in [0, 0.1) is 0 Å². The Balaban J connectivity index is 1.74. The molecule has 0 radical (unpaired) electrons. The van der Waals surface area contributed by atoms with Crippen molar-refractivity contribution in [1.29, 1.82) is 0 Å². The van der Waals surface area contributed by atoms with Crippen molar-refractivity contribution in [2.45, 2.75) is 13.3 Å². The van der Waals surface area contributed by atoms with Gasteiger partial charge in [0.15, 0.2) is 5.82 Å². The van der Waals surface area contributed by atoms with Gasteiger partial charge < -0.3 is 4.90 Å². The first-order valence-corrected chi connectivity index (χ1v) is 9.76. The number of benzene rings is 1. The molecule has 7 nitrogen and oxygen atoms in total. The largest absolute Gasteiger partial charge is 0.308 e. The topological polar surface area (TPSA) is 80.5 Å². The fourth-order valence-electron chi connectivity index (χ4n) is 3.45. The van der Waals surface area contributed by atoms with E-state index in [2.05, 4.69) is 15.1 Å². The van der Waals surface area contributed by atoms with Gasteiger partial charge in [-0.15, -0.1) is 5.10 Å². The van der Waals surface area contributed by atoms with E-state index in [1.54, 1.807) is 29.4 Å². The van der Waals surface area contributed by atoms with Crippen LogP contribution in [-0.4, -0.2) is 32.0 Å². The lowest BCUT2D eigenvalue weighted by atomic mass is 10.1. The molecule has 0 saturated carbocycles. The third kappa shape index (κ3) is 2.38. The summed E-state index contributed by atoms with van der Waals surface area (Å²) >= 11 is 1.20. The van der Waals surface area contributed by atoms with Crippen LogP contribution in [0.5, 0.6) is 0 Å². The Bertz CT molecular complexity index is 1330. The van der Waals surface area contributed by atoms with E-state index in [4.69, 9.17) is 0 Å². The molecule has 1 aliphatic heterocycles. The van der Waals surface area contributed by atoms with Crippen molar-refractivity contribution < 1.29 is 4.79 Å². The van der Waals surface area contributed by atoms with Gasteiger partial charge in [0.2, 0.25) is 4.96 Å². The minimum absolute atomic E-state index is 0.140. The number of fused-ring (bicyclic) bond motifs is 2. The van der Waals surface area contributed by atoms with Gasteiger partial charge in [0.05, 0.1) is 11.3 Å². The molecule has 3 aromatic heterocycles. The molecule has 138 valence electrons. The molecule has 0 unspecified atom stereocenters. The lowest BCUT2D eigenvalue weighted by Crippen LogP contribution is -2.32. The summed E-state index contributed by atoms with van der Waals surface area (Å²) in [7, 11) is 0. The summed E-state index contributed by atoms with van der Waals surface area (Å²) in [5, 5.41) is 4.35. The molecule has 0 spiro atoms. The number of hydrogen-bond donors (Lipinski definition) is 0. The highest BCUT2D eigenvalue weighted by molar-refractivity contribution is 7.15. The summed E-state index contributed by atoms with van der Waals surface area (Å²) < 4.78 is 1.66. The van der Waals surface area contributed by atoms with Gasteiger partial charge in [0, 0.05) is 30.1 Å². The van der Waals surface area contributed by atoms with Crippen LogP contribution in [0.15, 0.2) is 53.6 Å². The summed E-state index contributed by atoms with van der Waals surface area (Å²) in [6, 6.07) is 11.2. The first-order chi connectivity index (χ1) is 13.7. The van der Waals surface area contributed by atoms with Crippen LogP contribution in [0.2, 0.25) is 0 Å². The first kappa shape index (κ1) is 16.8. The average Bonchev–Trinajstić information content (AvgIpc) is 3.35. The predicted octanol–water partition coefficient (Wildman–Crippen LogP) is 1.89. The first-order valence-electron chi connectivity index (χ1n) is 8.94. The minimum Gasteiger partial charge on any atom is -0.308 e. The van der Waals surface area contributed by atoms with Gasteiger partial charge in [-0.2, -0.15) is 9.50 Å².